The van der Waals surface area contributed by atoms with E-state index in [1.54, 1.807) is 0 Å². The van der Waals surface area contributed by atoms with Gasteiger partial charge in [-0.3, -0.25) is 14.5 Å². The van der Waals surface area contributed by atoms with Crippen LogP contribution in [0.4, 0.5) is 5.69 Å². The molecule has 2 N–H and O–H groups in total. The monoisotopic (exact) mass is 464 g/mol. The Bertz CT molecular complexity index is 1040. The van der Waals surface area contributed by atoms with Crippen LogP contribution in [0.15, 0.2) is 46.3 Å². The maximum absolute atomic E-state index is 13.1. The zero-order valence-electron chi connectivity index (χ0n) is 21.2. The highest BCUT2D eigenvalue weighted by molar-refractivity contribution is 5.99. The van der Waals surface area contributed by atoms with Crippen LogP contribution in [0.2, 0.25) is 0 Å². The normalized spacial score (nSPS) is 26.6. The van der Waals surface area contributed by atoms with Crippen LogP contribution in [-0.2, 0) is 11.2 Å². The lowest BCUT2D eigenvalue weighted by Gasteiger charge is -2.43. The first-order valence-electron chi connectivity index (χ1n) is 12.9. The topological polar surface area (TPSA) is 68.4 Å². The maximum Gasteiger partial charge on any atom is 0.271 e. The lowest BCUT2D eigenvalue weighted by Crippen LogP contribution is -2.48. The summed E-state index contributed by atoms with van der Waals surface area (Å²) in [5.41, 5.74) is 4.25. The molecule has 1 aliphatic heterocycles. The summed E-state index contributed by atoms with van der Waals surface area (Å²) in [4.78, 5) is 33.7. The number of carbonyl (C=O) groups is 1. The van der Waals surface area contributed by atoms with Gasteiger partial charge in [0.15, 0.2) is 5.78 Å². The van der Waals surface area contributed by atoms with E-state index in [-0.39, 0.29) is 17.4 Å². The van der Waals surface area contributed by atoms with Crippen molar-refractivity contribution >= 4 is 11.5 Å². The molecule has 0 aromatic carbocycles. The predicted molar refractivity (Wildman–Crippen MR) is 139 cm³/mol. The summed E-state index contributed by atoms with van der Waals surface area (Å²) in [6.07, 6.45) is 15.4. The number of hydrogen-bond donors (Lipinski definition) is 2. The number of Topliss-reactive ketones (excluding diaryl/α,β-unsaturated/α-hetero) is 1. The molecule has 1 unspecified atom stereocenters. The number of nitrogens with zero attached hydrogens (tertiary/aromatic N) is 2. The molecule has 1 aromatic rings. The number of aryl methyl sites for hydroxylation is 1. The van der Waals surface area contributed by atoms with Gasteiger partial charge in [0, 0.05) is 42.4 Å². The second-order valence-corrected chi connectivity index (χ2v) is 10.2. The van der Waals surface area contributed by atoms with E-state index in [2.05, 4.69) is 59.3 Å². The highest BCUT2D eigenvalue weighted by Crippen LogP contribution is 2.32. The largest absolute Gasteiger partial charge is 0.376 e. The summed E-state index contributed by atoms with van der Waals surface area (Å²) >= 11 is 0. The molecule has 3 aliphatic rings. The number of pyridine rings is 1. The van der Waals surface area contributed by atoms with Gasteiger partial charge in [-0.15, -0.1) is 0 Å². The number of nitrogens with one attached hydrogen (secondary N) is 2. The molecule has 1 saturated carbocycles. The van der Waals surface area contributed by atoms with Crippen LogP contribution < -0.4 is 10.9 Å². The van der Waals surface area contributed by atoms with Gasteiger partial charge in [0.05, 0.1) is 0 Å². The van der Waals surface area contributed by atoms with E-state index in [9.17, 15) is 9.59 Å². The van der Waals surface area contributed by atoms with Crippen molar-refractivity contribution in [3.8, 4) is 0 Å². The zero-order valence-corrected chi connectivity index (χ0v) is 21.2. The molecule has 4 rings (SSSR count). The molecule has 0 bridgehead atoms. The van der Waals surface area contributed by atoms with Crippen molar-refractivity contribution in [3.05, 3.63) is 63.1 Å². The van der Waals surface area contributed by atoms with Gasteiger partial charge in [0.25, 0.3) is 5.56 Å². The summed E-state index contributed by atoms with van der Waals surface area (Å²) < 4.78 is 0. The van der Waals surface area contributed by atoms with E-state index in [0.717, 1.165) is 35.4 Å². The van der Waals surface area contributed by atoms with Gasteiger partial charge in [-0.25, -0.2) is 0 Å². The Morgan fingerprint density at radius 1 is 1.00 bits per heavy atom. The van der Waals surface area contributed by atoms with E-state index in [1.807, 2.05) is 19.1 Å². The fourth-order valence-electron chi connectivity index (χ4n) is 5.99. The Balaban J connectivity index is 1.68. The molecule has 34 heavy (non-hydrogen) atoms. The number of H-pyrrole nitrogens is 1. The molecule has 0 amide bonds. The van der Waals surface area contributed by atoms with Crippen LogP contribution in [0.5, 0.6) is 0 Å². The molecule has 6 heteroatoms. The Morgan fingerprint density at radius 2 is 1.74 bits per heavy atom. The number of anilines is 1. The van der Waals surface area contributed by atoms with Crippen molar-refractivity contribution in [3.63, 3.8) is 0 Å². The van der Waals surface area contributed by atoms with Crippen molar-refractivity contribution in [2.45, 2.75) is 76.9 Å². The van der Waals surface area contributed by atoms with Gasteiger partial charge in [-0.05, 0) is 83.3 Å². The van der Waals surface area contributed by atoms with Crippen molar-refractivity contribution in [1.29, 1.82) is 0 Å². The van der Waals surface area contributed by atoms with E-state index in [4.69, 9.17) is 0 Å². The molecule has 6 nitrogen and oxygen atoms in total. The Morgan fingerprint density at radius 3 is 2.44 bits per heavy atom. The number of aromatic amines is 1. The molecule has 0 spiro atoms. The van der Waals surface area contributed by atoms with Gasteiger partial charge in [-0.1, -0.05) is 31.2 Å². The third-order valence-corrected chi connectivity index (χ3v) is 7.83. The number of hydrogen-bond acceptors (Lipinski definition) is 5. The molecule has 0 radical (unpaired) electrons. The van der Waals surface area contributed by atoms with Crippen molar-refractivity contribution in [2.75, 3.05) is 32.5 Å². The first kappa shape index (κ1) is 24.7. The zero-order chi connectivity index (χ0) is 24.2. The third kappa shape index (κ3) is 5.28. The number of aromatic nitrogens is 1. The Hall–Kier alpha value is -2.44. The summed E-state index contributed by atoms with van der Waals surface area (Å²) in [6.45, 7) is 5.50. The minimum atomic E-state index is -0.118. The van der Waals surface area contributed by atoms with E-state index in [1.165, 1.54) is 25.7 Å². The molecule has 2 heterocycles. The predicted octanol–water partition coefficient (Wildman–Crippen LogP) is 3.99. The second-order valence-electron chi connectivity index (χ2n) is 10.2. The molecular formula is C28H40N4O2. The fraction of sp³-hybridized carbons (Fsp3) is 0.571. The number of rotatable bonds is 4. The number of allylic oxidation sites excluding steroid dienone is 2. The molecule has 1 fully saturated rings. The summed E-state index contributed by atoms with van der Waals surface area (Å²) in [5.74, 6) is 0.163. The second kappa shape index (κ2) is 10.9. The van der Waals surface area contributed by atoms with E-state index in [0.29, 0.717) is 37.2 Å². The standard InChI is InChI=1S/C28H40N4O2/c1-5-32(22-15-13-21(14-16-22)31(3)4)25-11-7-6-9-20-17-19(2)30-28(34)27(20)29-18-24-23(25)10-8-12-26(24)33/h6-8,10,17,21-22,25,29H,5,9,11-16,18H2,1-4H3,(H,30,34)/b7-6-. The lowest BCUT2D eigenvalue weighted by atomic mass is 9.85. The van der Waals surface area contributed by atoms with Gasteiger partial charge in [0.1, 0.15) is 5.69 Å². The number of ketones is 1. The minimum absolute atomic E-state index is 0.118. The van der Waals surface area contributed by atoms with Crippen molar-refractivity contribution in [1.82, 2.24) is 14.8 Å². The van der Waals surface area contributed by atoms with Gasteiger partial charge in [-0.2, -0.15) is 0 Å². The van der Waals surface area contributed by atoms with Crippen LogP contribution in [0.1, 0.15) is 56.7 Å². The smallest absolute Gasteiger partial charge is 0.271 e. The first-order chi connectivity index (χ1) is 16.4. The molecular weight excluding hydrogens is 424 g/mol. The van der Waals surface area contributed by atoms with Crippen molar-refractivity contribution < 1.29 is 4.79 Å². The van der Waals surface area contributed by atoms with Crippen molar-refractivity contribution in [2.24, 2.45) is 0 Å². The Kier molecular flexibility index (Phi) is 7.89. The molecule has 2 aliphatic carbocycles. The lowest BCUT2D eigenvalue weighted by molar-refractivity contribution is -0.115. The highest BCUT2D eigenvalue weighted by atomic mass is 16.1. The molecule has 184 valence electrons. The van der Waals surface area contributed by atoms with Gasteiger partial charge in [0.2, 0.25) is 0 Å². The molecule has 0 saturated heterocycles. The maximum atomic E-state index is 13.1. The molecule has 1 atom stereocenters. The number of carbonyl (C=O) groups excluding carboxylic acids is 1. The fourth-order valence-corrected chi connectivity index (χ4v) is 5.99. The minimum Gasteiger partial charge on any atom is -0.376 e. The highest BCUT2D eigenvalue weighted by Gasteiger charge is 2.33. The van der Waals surface area contributed by atoms with Crippen LogP contribution in [0.25, 0.3) is 0 Å². The molecule has 1 aromatic heterocycles. The van der Waals surface area contributed by atoms with Crippen LogP contribution >= 0.6 is 0 Å². The van der Waals surface area contributed by atoms with Gasteiger partial charge >= 0.3 is 0 Å². The average molecular weight is 465 g/mol. The Labute approximate surface area is 203 Å². The van der Waals surface area contributed by atoms with E-state index < -0.39 is 0 Å². The van der Waals surface area contributed by atoms with E-state index >= 15 is 0 Å². The number of fused-ring (bicyclic) bond motifs is 1. The summed E-state index contributed by atoms with van der Waals surface area (Å²) in [5, 5.41) is 3.35. The third-order valence-electron chi connectivity index (χ3n) is 7.83. The van der Waals surface area contributed by atoms with Crippen LogP contribution in [-0.4, -0.2) is 65.9 Å². The van der Waals surface area contributed by atoms with Crippen LogP contribution in [0, 0.1) is 6.92 Å². The first-order valence-corrected chi connectivity index (χ1v) is 12.9. The number of likely N-dealkylation sites (N-methyl/N-ethyl adjacent to an activating group) is 1. The quantitative estimate of drug-likeness (QED) is 0.660. The van der Waals surface area contributed by atoms with Crippen LogP contribution in [0.3, 0.4) is 0 Å². The van der Waals surface area contributed by atoms with Gasteiger partial charge < -0.3 is 15.2 Å². The summed E-state index contributed by atoms with van der Waals surface area (Å²) in [7, 11) is 4.37. The average Bonchev–Trinajstić information content (AvgIpc) is 2.84. The SMILES string of the molecule is CCN(C1CCC(N(C)C)CC1)C1C/C=C\Cc2cc(C)[nH]c(=O)c2NCC2=C1C=CCC2=O. The summed E-state index contributed by atoms with van der Waals surface area (Å²) in [6, 6.07) is 3.39.